The van der Waals surface area contributed by atoms with E-state index in [4.69, 9.17) is 17.3 Å². The molecule has 0 aromatic carbocycles. The summed E-state index contributed by atoms with van der Waals surface area (Å²) in [7, 11) is 1.93. The van der Waals surface area contributed by atoms with Crippen molar-refractivity contribution in [3.05, 3.63) is 17.2 Å². The van der Waals surface area contributed by atoms with Gasteiger partial charge in [0.15, 0.2) is 0 Å². The van der Waals surface area contributed by atoms with Crippen molar-refractivity contribution in [2.45, 2.75) is 19.0 Å². The second-order valence-electron chi connectivity index (χ2n) is 3.70. The lowest BCUT2D eigenvalue weighted by Crippen LogP contribution is -2.51. The first kappa shape index (κ1) is 9.96. The van der Waals surface area contributed by atoms with Gasteiger partial charge in [-0.2, -0.15) is 0 Å². The van der Waals surface area contributed by atoms with Gasteiger partial charge >= 0.3 is 0 Å². The van der Waals surface area contributed by atoms with Gasteiger partial charge in [0.05, 0.1) is 12.7 Å². The van der Waals surface area contributed by atoms with Crippen molar-refractivity contribution in [3.8, 4) is 0 Å². The minimum atomic E-state index is 0.533. The number of hydrogen-bond donors (Lipinski definition) is 1. The molecule has 0 bridgehead atoms. The number of imidazole rings is 1. The number of halogens is 1. The van der Waals surface area contributed by atoms with E-state index < -0.39 is 0 Å². The summed E-state index contributed by atoms with van der Waals surface area (Å²) in [5.41, 5.74) is 5.63. The van der Waals surface area contributed by atoms with Crippen LogP contribution in [0.5, 0.6) is 0 Å². The third kappa shape index (κ3) is 1.65. The zero-order valence-corrected chi connectivity index (χ0v) is 9.04. The molecule has 1 aromatic rings. The first-order chi connectivity index (χ1) is 6.72. The fourth-order valence-electron chi connectivity index (χ4n) is 1.72. The van der Waals surface area contributed by atoms with E-state index in [1.54, 1.807) is 6.20 Å². The molecule has 2 rings (SSSR count). The zero-order chi connectivity index (χ0) is 10.1. The molecule has 0 radical (unpaired) electrons. The predicted octanol–water partition coefficient (Wildman–Crippen LogP) is 0.607. The van der Waals surface area contributed by atoms with Crippen molar-refractivity contribution >= 4 is 11.6 Å². The third-order valence-corrected chi connectivity index (χ3v) is 3.26. The highest BCUT2D eigenvalue weighted by molar-refractivity contribution is 6.29. The number of nitrogens with two attached hydrogens (primary N) is 1. The maximum atomic E-state index is 5.90. The number of hydrogen-bond acceptors (Lipinski definition) is 3. The summed E-state index contributed by atoms with van der Waals surface area (Å²) < 4.78 is 1.91. The standard InChI is InChI=1S/C9H15ClN4/c1-13-8(10)5-12-9(13)6-14-3-2-7(14)4-11/h5,7H,2-4,6,11H2,1H3. The summed E-state index contributed by atoms with van der Waals surface area (Å²) in [5, 5.41) is 0.685. The fraction of sp³-hybridized carbons (Fsp3) is 0.667. The molecule has 2 N–H and O–H groups in total. The predicted molar refractivity (Wildman–Crippen MR) is 56.1 cm³/mol. The highest BCUT2D eigenvalue weighted by atomic mass is 35.5. The van der Waals surface area contributed by atoms with Gasteiger partial charge in [-0.05, 0) is 6.42 Å². The van der Waals surface area contributed by atoms with Crippen molar-refractivity contribution in [1.82, 2.24) is 14.5 Å². The molecule has 1 aliphatic heterocycles. The summed E-state index contributed by atoms with van der Waals surface area (Å²) in [4.78, 5) is 6.59. The van der Waals surface area contributed by atoms with Gasteiger partial charge in [-0.25, -0.2) is 4.98 Å². The Morgan fingerprint density at radius 3 is 2.93 bits per heavy atom. The Morgan fingerprint density at radius 1 is 1.71 bits per heavy atom. The molecule has 1 saturated heterocycles. The van der Waals surface area contributed by atoms with Crippen LogP contribution in [0, 0.1) is 0 Å². The van der Waals surface area contributed by atoms with Crippen molar-refractivity contribution in [1.29, 1.82) is 0 Å². The largest absolute Gasteiger partial charge is 0.329 e. The van der Waals surface area contributed by atoms with E-state index >= 15 is 0 Å². The molecule has 2 heterocycles. The molecule has 0 amide bonds. The molecule has 0 spiro atoms. The van der Waals surface area contributed by atoms with E-state index in [-0.39, 0.29) is 0 Å². The average molecular weight is 215 g/mol. The Kier molecular flexibility index (Phi) is 2.76. The number of nitrogens with zero attached hydrogens (tertiary/aromatic N) is 3. The molecule has 4 nitrogen and oxygen atoms in total. The van der Waals surface area contributed by atoms with Gasteiger partial charge in [0.2, 0.25) is 0 Å². The highest BCUT2D eigenvalue weighted by Gasteiger charge is 2.27. The van der Waals surface area contributed by atoms with E-state index in [0.717, 1.165) is 25.5 Å². The van der Waals surface area contributed by atoms with Gasteiger partial charge in [-0.3, -0.25) is 4.90 Å². The molecule has 1 fully saturated rings. The summed E-state index contributed by atoms with van der Waals surface area (Å²) in [5.74, 6) is 1.01. The highest BCUT2D eigenvalue weighted by Crippen LogP contribution is 2.20. The van der Waals surface area contributed by atoms with E-state index in [1.807, 2.05) is 11.6 Å². The van der Waals surface area contributed by atoms with Crippen LogP contribution in [0.1, 0.15) is 12.2 Å². The summed E-state index contributed by atoms with van der Waals surface area (Å²) in [6.07, 6.45) is 2.89. The van der Waals surface area contributed by atoms with Crippen molar-refractivity contribution < 1.29 is 0 Å². The van der Waals surface area contributed by atoms with Crippen LogP contribution >= 0.6 is 11.6 Å². The van der Waals surface area contributed by atoms with Gasteiger partial charge in [0, 0.05) is 26.2 Å². The van der Waals surface area contributed by atoms with Crippen molar-refractivity contribution in [2.75, 3.05) is 13.1 Å². The monoisotopic (exact) mass is 214 g/mol. The maximum Gasteiger partial charge on any atom is 0.128 e. The van der Waals surface area contributed by atoms with Crippen LogP contribution in [0.25, 0.3) is 0 Å². The van der Waals surface area contributed by atoms with Crippen LogP contribution in [0.2, 0.25) is 5.15 Å². The molecular formula is C9H15ClN4. The number of rotatable bonds is 3. The smallest absolute Gasteiger partial charge is 0.128 e. The minimum absolute atomic E-state index is 0.533. The Balaban J connectivity index is 2.01. The summed E-state index contributed by atoms with van der Waals surface area (Å²) in [6, 6.07) is 0.533. The molecule has 1 atom stereocenters. The normalized spacial score (nSPS) is 22.4. The van der Waals surface area contributed by atoms with Crippen molar-refractivity contribution in [3.63, 3.8) is 0 Å². The maximum absolute atomic E-state index is 5.90. The zero-order valence-electron chi connectivity index (χ0n) is 8.28. The topological polar surface area (TPSA) is 47.1 Å². The SMILES string of the molecule is Cn1c(Cl)cnc1CN1CCC1CN. The lowest BCUT2D eigenvalue weighted by Gasteiger charge is -2.39. The first-order valence-corrected chi connectivity index (χ1v) is 5.20. The van der Waals surface area contributed by atoms with Gasteiger partial charge in [0.25, 0.3) is 0 Å². The summed E-state index contributed by atoms with van der Waals surface area (Å²) >= 11 is 5.90. The van der Waals surface area contributed by atoms with Gasteiger partial charge in [-0.15, -0.1) is 0 Å². The van der Waals surface area contributed by atoms with Gasteiger partial charge < -0.3 is 10.3 Å². The lowest BCUT2D eigenvalue weighted by molar-refractivity contribution is 0.0841. The molecule has 5 heteroatoms. The molecule has 0 saturated carbocycles. The van der Waals surface area contributed by atoms with Gasteiger partial charge in [0.1, 0.15) is 11.0 Å². The van der Waals surface area contributed by atoms with E-state index in [2.05, 4.69) is 9.88 Å². The van der Waals surface area contributed by atoms with Crippen LogP contribution in [-0.2, 0) is 13.6 Å². The molecule has 78 valence electrons. The van der Waals surface area contributed by atoms with Crippen LogP contribution in [-0.4, -0.2) is 33.6 Å². The van der Waals surface area contributed by atoms with E-state index in [9.17, 15) is 0 Å². The minimum Gasteiger partial charge on any atom is -0.329 e. The fourth-order valence-corrected chi connectivity index (χ4v) is 1.87. The Bertz CT molecular complexity index is 321. The molecule has 1 aromatic heterocycles. The lowest BCUT2D eigenvalue weighted by atomic mass is 10.0. The Labute approximate surface area is 88.7 Å². The Morgan fingerprint density at radius 2 is 2.50 bits per heavy atom. The second-order valence-corrected chi connectivity index (χ2v) is 4.09. The third-order valence-electron chi connectivity index (χ3n) is 2.91. The van der Waals surface area contributed by atoms with Crippen LogP contribution in [0.3, 0.4) is 0 Å². The van der Waals surface area contributed by atoms with E-state index in [1.165, 1.54) is 6.42 Å². The Hall–Kier alpha value is -0.580. The molecule has 0 aliphatic carbocycles. The van der Waals surface area contributed by atoms with Crippen LogP contribution < -0.4 is 5.73 Å². The van der Waals surface area contributed by atoms with Crippen LogP contribution in [0.4, 0.5) is 0 Å². The molecule has 14 heavy (non-hydrogen) atoms. The first-order valence-electron chi connectivity index (χ1n) is 4.82. The molecule has 1 aliphatic rings. The second kappa shape index (κ2) is 3.88. The molecule has 1 unspecified atom stereocenters. The summed E-state index contributed by atoms with van der Waals surface area (Å²) in [6.45, 7) is 2.70. The van der Waals surface area contributed by atoms with Crippen LogP contribution in [0.15, 0.2) is 6.20 Å². The number of aromatic nitrogens is 2. The van der Waals surface area contributed by atoms with Gasteiger partial charge in [-0.1, -0.05) is 11.6 Å². The quantitative estimate of drug-likeness (QED) is 0.802. The average Bonchev–Trinajstić information content (AvgIpc) is 2.44. The number of likely N-dealkylation sites (tertiary alicyclic amines) is 1. The van der Waals surface area contributed by atoms with Crippen molar-refractivity contribution in [2.24, 2.45) is 12.8 Å². The molecular weight excluding hydrogens is 200 g/mol. The van der Waals surface area contributed by atoms with E-state index in [0.29, 0.717) is 11.2 Å².